The van der Waals surface area contributed by atoms with E-state index in [2.05, 4.69) is 25.7 Å². The zero-order valence-electron chi connectivity index (χ0n) is 6.88. The number of ether oxygens (including phenoxy) is 1. The summed E-state index contributed by atoms with van der Waals surface area (Å²) in [6.07, 6.45) is -3.98. The molecule has 0 saturated heterocycles. The van der Waals surface area contributed by atoms with E-state index in [1.807, 2.05) is 0 Å². The summed E-state index contributed by atoms with van der Waals surface area (Å²) in [5.41, 5.74) is -0.391. The van der Waals surface area contributed by atoms with E-state index in [0.29, 0.717) is 0 Å². The number of rotatable bonds is 2. The highest BCUT2D eigenvalue weighted by molar-refractivity contribution is 9.10. The number of carboxylic acids is 1. The van der Waals surface area contributed by atoms with Crippen molar-refractivity contribution in [3.8, 4) is 5.75 Å². The second-order valence-corrected chi connectivity index (χ2v) is 3.12. The van der Waals surface area contributed by atoms with Gasteiger partial charge in [0.2, 0.25) is 0 Å². The number of halogens is 4. The molecule has 1 aromatic rings. The Morgan fingerprint density at radius 2 is 2.13 bits per heavy atom. The number of alkyl halides is 3. The Kier molecular flexibility index (Phi) is 3.18. The van der Waals surface area contributed by atoms with Gasteiger partial charge in [0.1, 0.15) is 4.60 Å². The minimum atomic E-state index is -4.89. The molecule has 1 heterocycles. The number of aromatic nitrogens is 1. The highest BCUT2D eigenvalue weighted by Gasteiger charge is 2.32. The van der Waals surface area contributed by atoms with E-state index in [4.69, 9.17) is 5.11 Å². The summed E-state index contributed by atoms with van der Waals surface area (Å²) in [5.74, 6) is -2.08. The van der Waals surface area contributed by atoms with Gasteiger partial charge in [-0.3, -0.25) is 0 Å². The van der Waals surface area contributed by atoms with Crippen molar-refractivity contribution in [2.75, 3.05) is 0 Å². The maximum Gasteiger partial charge on any atom is 0.573 e. The molecule has 0 bridgehead atoms. The first-order valence-electron chi connectivity index (χ1n) is 3.44. The molecule has 4 nitrogen and oxygen atoms in total. The lowest BCUT2D eigenvalue weighted by Gasteiger charge is -2.09. The Labute approximate surface area is 89.8 Å². The number of hydrogen-bond donors (Lipinski definition) is 1. The SMILES string of the molecule is O=C(O)c1cnc(Br)c(OC(F)(F)F)c1. The van der Waals surface area contributed by atoms with Crippen LogP contribution in [0.3, 0.4) is 0 Å². The van der Waals surface area contributed by atoms with Gasteiger partial charge in [0.05, 0.1) is 5.56 Å². The molecule has 0 aliphatic carbocycles. The topological polar surface area (TPSA) is 59.4 Å². The minimum Gasteiger partial charge on any atom is -0.478 e. The molecule has 8 heteroatoms. The van der Waals surface area contributed by atoms with Crippen molar-refractivity contribution >= 4 is 21.9 Å². The number of pyridine rings is 1. The summed E-state index contributed by atoms with van der Waals surface area (Å²) < 4.78 is 38.8. The van der Waals surface area contributed by atoms with Crippen molar-refractivity contribution in [3.63, 3.8) is 0 Å². The van der Waals surface area contributed by atoms with Gasteiger partial charge >= 0.3 is 12.3 Å². The maximum absolute atomic E-state index is 11.8. The highest BCUT2D eigenvalue weighted by atomic mass is 79.9. The monoisotopic (exact) mass is 285 g/mol. The average Bonchev–Trinajstić information content (AvgIpc) is 2.06. The standard InChI is InChI=1S/C7H3BrF3NO3/c8-5-4(15-7(9,10)11)1-3(2-12-5)6(13)14/h1-2H,(H,13,14). The molecule has 0 amide bonds. The molecule has 0 aromatic carbocycles. The number of carbonyl (C=O) groups is 1. The number of carboxylic acid groups (broad SMARTS) is 1. The van der Waals surface area contributed by atoms with Crippen LogP contribution in [0.15, 0.2) is 16.9 Å². The Morgan fingerprint density at radius 1 is 1.53 bits per heavy atom. The van der Waals surface area contributed by atoms with Crippen molar-refractivity contribution in [2.45, 2.75) is 6.36 Å². The molecule has 0 radical (unpaired) electrons. The van der Waals surface area contributed by atoms with Crippen LogP contribution >= 0.6 is 15.9 Å². The fourth-order valence-electron chi connectivity index (χ4n) is 0.741. The Balaban J connectivity index is 3.06. The van der Waals surface area contributed by atoms with Gasteiger partial charge in [0, 0.05) is 6.20 Å². The van der Waals surface area contributed by atoms with Crippen LogP contribution in [0.4, 0.5) is 13.2 Å². The normalized spacial score (nSPS) is 11.2. The van der Waals surface area contributed by atoms with Gasteiger partial charge in [0.15, 0.2) is 5.75 Å². The molecule has 0 aliphatic rings. The predicted octanol–water partition coefficient (Wildman–Crippen LogP) is 2.44. The van der Waals surface area contributed by atoms with E-state index in [9.17, 15) is 18.0 Å². The zero-order valence-corrected chi connectivity index (χ0v) is 8.46. The van der Waals surface area contributed by atoms with Gasteiger partial charge in [-0.15, -0.1) is 13.2 Å². The third-order valence-electron chi connectivity index (χ3n) is 1.28. The van der Waals surface area contributed by atoms with Crippen LogP contribution in [0, 0.1) is 0 Å². The summed E-state index contributed by atoms with van der Waals surface area (Å²) in [7, 11) is 0. The van der Waals surface area contributed by atoms with E-state index in [-0.39, 0.29) is 4.60 Å². The Hall–Kier alpha value is -1.31. The number of nitrogens with zero attached hydrogens (tertiary/aromatic N) is 1. The van der Waals surface area contributed by atoms with Gasteiger partial charge in [-0.1, -0.05) is 0 Å². The third-order valence-corrected chi connectivity index (χ3v) is 1.88. The molecular formula is C7H3BrF3NO3. The van der Waals surface area contributed by atoms with Gasteiger partial charge < -0.3 is 9.84 Å². The van der Waals surface area contributed by atoms with Crippen molar-refractivity contribution in [3.05, 3.63) is 22.4 Å². The molecule has 1 aromatic heterocycles. The lowest BCUT2D eigenvalue weighted by molar-refractivity contribution is -0.275. The van der Waals surface area contributed by atoms with Crippen LogP contribution in [-0.2, 0) is 0 Å². The average molecular weight is 286 g/mol. The maximum atomic E-state index is 11.8. The molecule has 0 saturated carbocycles. The predicted molar refractivity (Wildman–Crippen MR) is 45.6 cm³/mol. The van der Waals surface area contributed by atoms with Crippen molar-refractivity contribution in [2.24, 2.45) is 0 Å². The van der Waals surface area contributed by atoms with Crippen LogP contribution in [-0.4, -0.2) is 22.4 Å². The van der Waals surface area contributed by atoms with E-state index >= 15 is 0 Å². The fraction of sp³-hybridized carbons (Fsp3) is 0.143. The Bertz CT molecular complexity index is 394. The zero-order chi connectivity index (χ0) is 11.6. The molecule has 1 rings (SSSR count). The number of aromatic carboxylic acids is 1. The number of hydrogen-bond acceptors (Lipinski definition) is 3. The van der Waals surface area contributed by atoms with Crippen LogP contribution in [0.2, 0.25) is 0 Å². The lowest BCUT2D eigenvalue weighted by atomic mass is 10.3. The van der Waals surface area contributed by atoms with Gasteiger partial charge in [-0.2, -0.15) is 0 Å². The molecule has 0 spiro atoms. The molecule has 15 heavy (non-hydrogen) atoms. The van der Waals surface area contributed by atoms with Crippen molar-refractivity contribution in [1.29, 1.82) is 0 Å². The largest absolute Gasteiger partial charge is 0.573 e. The van der Waals surface area contributed by atoms with Crippen LogP contribution in [0.1, 0.15) is 10.4 Å². The smallest absolute Gasteiger partial charge is 0.478 e. The molecular weight excluding hydrogens is 283 g/mol. The minimum absolute atomic E-state index is 0.218. The van der Waals surface area contributed by atoms with Crippen LogP contribution < -0.4 is 4.74 Å². The Morgan fingerprint density at radius 3 is 2.60 bits per heavy atom. The molecule has 0 unspecified atom stereocenters. The summed E-state index contributed by atoms with van der Waals surface area (Å²) >= 11 is 2.70. The van der Waals surface area contributed by atoms with Crippen molar-refractivity contribution < 1.29 is 27.8 Å². The third kappa shape index (κ3) is 3.39. The first kappa shape index (κ1) is 11.8. The molecule has 1 N–H and O–H groups in total. The quantitative estimate of drug-likeness (QED) is 0.848. The van der Waals surface area contributed by atoms with Crippen LogP contribution in [0.5, 0.6) is 5.75 Å². The molecule has 82 valence electrons. The van der Waals surface area contributed by atoms with Gasteiger partial charge in [0.25, 0.3) is 0 Å². The summed E-state index contributed by atoms with van der Waals surface area (Å²) in [6, 6.07) is 0.729. The first-order chi connectivity index (χ1) is 6.79. The van der Waals surface area contributed by atoms with E-state index in [1.54, 1.807) is 0 Å². The van der Waals surface area contributed by atoms with Crippen molar-refractivity contribution in [1.82, 2.24) is 4.98 Å². The van der Waals surface area contributed by atoms with Gasteiger partial charge in [-0.25, -0.2) is 9.78 Å². The van der Waals surface area contributed by atoms with E-state index < -0.39 is 23.6 Å². The van der Waals surface area contributed by atoms with E-state index in [0.717, 1.165) is 12.3 Å². The van der Waals surface area contributed by atoms with Gasteiger partial charge in [-0.05, 0) is 22.0 Å². The van der Waals surface area contributed by atoms with Crippen LogP contribution in [0.25, 0.3) is 0 Å². The first-order valence-corrected chi connectivity index (χ1v) is 4.23. The fourth-order valence-corrected chi connectivity index (χ4v) is 1.04. The molecule has 0 fully saturated rings. The van der Waals surface area contributed by atoms with E-state index in [1.165, 1.54) is 0 Å². The summed E-state index contributed by atoms with van der Waals surface area (Å²) in [6.45, 7) is 0. The highest BCUT2D eigenvalue weighted by Crippen LogP contribution is 2.29. The second-order valence-electron chi connectivity index (χ2n) is 2.37. The summed E-state index contributed by atoms with van der Waals surface area (Å²) in [4.78, 5) is 13.8. The lowest BCUT2D eigenvalue weighted by Crippen LogP contribution is -2.18. The summed E-state index contributed by atoms with van der Waals surface area (Å²) in [5, 5.41) is 8.51. The molecule has 0 aliphatic heterocycles. The molecule has 0 atom stereocenters. The second kappa shape index (κ2) is 4.05.